The number of hydrogen-bond acceptors (Lipinski definition) is 3. The molecular weight excluding hydrogens is 314 g/mol. The van der Waals surface area contributed by atoms with Crippen molar-refractivity contribution in [3.8, 4) is 21.8 Å². The summed E-state index contributed by atoms with van der Waals surface area (Å²) in [7, 11) is 2.00. The van der Waals surface area contributed by atoms with Crippen molar-refractivity contribution in [2.75, 3.05) is 0 Å². The molecule has 0 saturated heterocycles. The Balaban J connectivity index is 1.86. The second-order valence-electron chi connectivity index (χ2n) is 5.05. The van der Waals surface area contributed by atoms with E-state index < -0.39 is 0 Å². The molecule has 0 radical (unpaired) electrons. The van der Waals surface area contributed by atoms with E-state index in [1.54, 1.807) is 11.3 Å². The molecule has 4 rings (SSSR count). The number of rotatable bonds is 2. The number of aryl methyl sites for hydroxylation is 1. The molecule has 0 aliphatic rings. The molecule has 4 aromatic rings. The first-order valence-electron chi connectivity index (χ1n) is 6.85. The molecule has 1 aromatic carbocycles. The number of fused-ring (bicyclic) bond motifs is 1. The fraction of sp³-hybridized carbons (Fsp3) is 0.0588. The van der Waals surface area contributed by atoms with Crippen molar-refractivity contribution < 1.29 is 0 Å². The molecule has 0 amide bonds. The van der Waals surface area contributed by atoms with Crippen molar-refractivity contribution in [3.05, 3.63) is 59.2 Å². The van der Waals surface area contributed by atoms with E-state index >= 15 is 0 Å². The topological polar surface area (TPSA) is 30.7 Å². The molecule has 3 nitrogen and oxygen atoms in total. The van der Waals surface area contributed by atoms with Crippen LogP contribution in [0.3, 0.4) is 0 Å². The zero-order chi connectivity index (χ0) is 15.1. The van der Waals surface area contributed by atoms with Crippen LogP contribution in [0.25, 0.3) is 32.9 Å². The van der Waals surface area contributed by atoms with Crippen molar-refractivity contribution in [1.29, 1.82) is 0 Å². The van der Waals surface area contributed by atoms with E-state index in [-0.39, 0.29) is 0 Å². The van der Waals surface area contributed by atoms with Gasteiger partial charge in [0, 0.05) is 41.3 Å². The summed E-state index contributed by atoms with van der Waals surface area (Å²) >= 11 is 7.87. The van der Waals surface area contributed by atoms with E-state index in [0.29, 0.717) is 0 Å². The van der Waals surface area contributed by atoms with Crippen LogP contribution in [-0.4, -0.2) is 14.5 Å². The second kappa shape index (κ2) is 5.23. The van der Waals surface area contributed by atoms with Crippen molar-refractivity contribution in [1.82, 2.24) is 14.5 Å². The number of nitrogens with zero attached hydrogens (tertiary/aromatic N) is 3. The standard InChI is InChI=1S/C17H12ClN3S/c1-21-9-13(11-6-4-8-19-16(11)21)15-10-22-17(20-15)12-5-2-3-7-14(12)18/h2-10H,1H3. The van der Waals surface area contributed by atoms with Crippen molar-refractivity contribution in [2.45, 2.75) is 0 Å². The van der Waals surface area contributed by atoms with Gasteiger partial charge in [0.05, 0.1) is 10.7 Å². The summed E-state index contributed by atoms with van der Waals surface area (Å²) in [5, 5.41) is 4.84. The van der Waals surface area contributed by atoms with Gasteiger partial charge < -0.3 is 4.57 Å². The summed E-state index contributed by atoms with van der Waals surface area (Å²) in [4.78, 5) is 9.19. The highest BCUT2D eigenvalue weighted by molar-refractivity contribution is 7.13. The highest BCUT2D eigenvalue weighted by atomic mass is 35.5. The van der Waals surface area contributed by atoms with Crippen LogP contribution >= 0.6 is 22.9 Å². The predicted molar refractivity (Wildman–Crippen MR) is 92.3 cm³/mol. The van der Waals surface area contributed by atoms with Crippen molar-refractivity contribution in [2.24, 2.45) is 7.05 Å². The maximum atomic E-state index is 6.27. The van der Waals surface area contributed by atoms with Gasteiger partial charge in [-0.15, -0.1) is 11.3 Å². The summed E-state index contributed by atoms with van der Waals surface area (Å²) in [5.41, 5.74) is 3.99. The fourth-order valence-electron chi connectivity index (χ4n) is 2.57. The third kappa shape index (κ3) is 2.12. The Labute approximate surface area is 136 Å². The minimum atomic E-state index is 0.725. The van der Waals surface area contributed by atoms with E-state index in [0.717, 1.165) is 37.9 Å². The number of pyridine rings is 1. The van der Waals surface area contributed by atoms with Crippen LogP contribution in [-0.2, 0) is 7.05 Å². The molecule has 108 valence electrons. The minimum Gasteiger partial charge on any atom is -0.335 e. The Morgan fingerprint density at radius 3 is 2.82 bits per heavy atom. The molecule has 0 saturated carbocycles. The van der Waals surface area contributed by atoms with Crippen LogP contribution in [0, 0.1) is 0 Å². The van der Waals surface area contributed by atoms with Crippen LogP contribution in [0.2, 0.25) is 5.02 Å². The van der Waals surface area contributed by atoms with Crippen molar-refractivity contribution >= 4 is 34.0 Å². The summed E-state index contributed by atoms with van der Waals surface area (Å²) in [6.07, 6.45) is 3.88. The molecule has 0 spiro atoms. The molecule has 3 heterocycles. The lowest BCUT2D eigenvalue weighted by Gasteiger charge is -1.98. The zero-order valence-corrected chi connectivity index (χ0v) is 13.4. The van der Waals surface area contributed by atoms with Gasteiger partial charge in [-0.1, -0.05) is 29.8 Å². The first-order chi connectivity index (χ1) is 10.7. The zero-order valence-electron chi connectivity index (χ0n) is 11.8. The molecule has 0 aliphatic heterocycles. The van der Waals surface area contributed by atoms with Gasteiger partial charge in [-0.2, -0.15) is 0 Å². The van der Waals surface area contributed by atoms with Gasteiger partial charge in [0.1, 0.15) is 10.7 Å². The summed E-state index contributed by atoms with van der Waals surface area (Å²) in [5.74, 6) is 0. The number of thiazole rings is 1. The predicted octanol–water partition coefficient (Wildman–Crippen LogP) is 5.02. The molecule has 0 atom stereocenters. The van der Waals surface area contributed by atoms with Crippen LogP contribution in [0.15, 0.2) is 54.2 Å². The molecule has 3 aromatic heterocycles. The van der Waals surface area contributed by atoms with Gasteiger partial charge in [0.15, 0.2) is 0 Å². The summed E-state index contributed by atoms with van der Waals surface area (Å²) < 4.78 is 2.03. The van der Waals surface area contributed by atoms with Crippen LogP contribution < -0.4 is 0 Å². The molecule has 0 aliphatic carbocycles. The maximum absolute atomic E-state index is 6.27. The summed E-state index contributed by atoms with van der Waals surface area (Å²) in [6.45, 7) is 0. The number of aromatic nitrogens is 3. The van der Waals surface area contributed by atoms with Gasteiger partial charge in [0.25, 0.3) is 0 Å². The number of halogens is 1. The van der Waals surface area contributed by atoms with Crippen LogP contribution in [0.1, 0.15) is 0 Å². The Morgan fingerprint density at radius 2 is 1.95 bits per heavy atom. The molecule has 0 bridgehead atoms. The first-order valence-corrected chi connectivity index (χ1v) is 8.10. The van der Waals surface area contributed by atoms with Gasteiger partial charge in [0.2, 0.25) is 0 Å². The number of hydrogen-bond donors (Lipinski definition) is 0. The van der Waals surface area contributed by atoms with E-state index in [1.807, 2.05) is 48.1 Å². The van der Waals surface area contributed by atoms with Gasteiger partial charge in [-0.3, -0.25) is 0 Å². The van der Waals surface area contributed by atoms with E-state index in [1.165, 1.54) is 0 Å². The van der Waals surface area contributed by atoms with Crippen LogP contribution in [0.4, 0.5) is 0 Å². The Kier molecular flexibility index (Phi) is 3.21. The van der Waals surface area contributed by atoms with Gasteiger partial charge >= 0.3 is 0 Å². The SMILES string of the molecule is Cn1cc(-c2csc(-c3ccccc3Cl)n2)c2cccnc21. The smallest absolute Gasteiger partial charge is 0.140 e. The molecular formula is C17H12ClN3S. The minimum absolute atomic E-state index is 0.725. The lowest BCUT2D eigenvalue weighted by atomic mass is 10.2. The quantitative estimate of drug-likeness (QED) is 0.518. The van der Waals surface area contributed by atoms with Gasteiger partial charge in [-0.25, -0.2) is 9.97 Å². The normalized spacial score (nSPS) is 11.2. The third-order valence-corrected chi connectivity index (χ3v) is 4.82. The second-order valence-corrected chi connectivity index (χ2v) is 6.31. The average Bonchev–Trinajstić information content (AvgIpc) is 3.13. The first kappa shape index (κ1) is 13.5. The average molecular weight is 326 g/mol. The third-order valence-electron chi connectivity index (χ3n) is 3.62. The summed E-state index contributed by atoms with van der Waals surface area (Å²) in [6, 6.07) is 11.8. The van der Waals surface area contributed by atoms with E-state index in [9.17, 15) is 0 Å². The monoisotopic (exact) mass is 325 g/mol. The maximum Gasteiger partial charge on any atom is 0.140 e. The molecule has 0 N–H and O–H groups in total. The van der Waals surface area contributed by atoms with E-state index in [4.69, 9.17) is 16.6 Å². The highest BCUT2D eigenvalue weighted by Gasteiger charge is 2.14. The highest BCUT2D eigenvalue weighted by Crippen LogP contribution is 2.35. The number of benzene rings is 1. The molecule has 0 unspecified atom stereocenters. The lowest BCUT2D eigenvalue weighted by Crippen LogP contribution is -1.85. The molecule has 22 heavy (non-hydrogen) atoms. The Morgan fingerprint density at radius 1 is 1.09 bits per heavy atom. The Hall–Kier alpha value is -2.17. The largest absolute Gasteiger partial charge is 0.335 e. The van der Waals surface area contributed by atoms with Gasteiger partial charge in [-0.05, 0) is 18.2 Å². The van der Waals surface area contributed by atoms with Crippen molar-refractivity contribution in [3.63, 3.8) is 0 Å². The molecule has 5 heteroatoms. The Bertz CT molecular complexity index is 971. The lowest BCUT2D eigenvalue weighted by molar-refractivity contribution is 0.949. The van der Waals surface area contributed by atoms with Crippen LogP contribution in [0.5, 0.6) is 0 Å². The fourth-order valence-corrected chi connectivity index (χ4v) is 3.71. The molecule has 0 fully saturated rings. The van der Waals surface area contributed by atoms with E-state index in [2.05, 4.69) is 22.6 Å².